The van der Waals surface area contributed by atoms with Gasteiger partial charge in [-0.2, -0.15) is 13.2 Å². The number of nitrogens with one attached hydrogen (secondary N) is 1. The van der Waals surface area contributed by atoms with Crippen LogP contribution in [0.15, 0.2) is 17.0 Å². The van der Waals surface area contributed by atoms with Gasteiger partial charge in [0.15, 0.2) is 0 Å². The molecule has 0 atom stereocenters. The molecule has 0 unspecified atom stereocenters. The maximum Gasteiger partial charge on any atom is 0.397 e. The number of carbonyl (C=O) groups is 1. The fourth-order valence-corrected chi connectivity index (χ4v) is 2.47. The van der Waals surface area contributed by atoms with Crippen molar-refractivity contribution in [2.24, 2.45) is 5.14 Å². The van der Waals surface area contributed by atoms with Crippen LogP contribution in [0.4, 0.5) is 18.9 Å². The summed E-state index contributed by atoms with van der Waals surface area (Å²) in [5, 5.41) is 6.00. The van der Waals surface area contributed by atoms with E-state index in [0.29, 0.717) is 0 Å². The highest BCUT2D eigenvalue weighted by molar-refractivity contribution is 7.89. The molecule has 0 aliphatic rings. The third kappa shape index (κ3) is 4.82. The number of anilines is 1. The zero-order valence-electron chi connectivity index (χ0n) is 9.46. The molecule has 11 heteroatoms. The summed E-state index contributed by atoms with van der Waals surface area (Å²) in [6.45, 7) is 0. The Labute approximate surface area is 121 Å². The van der Waals surface area contributed by atoms with E-state index >= 15 is 0 Å². The zero-order chi connectivity index (χ0) is 15.7. The van der Waals surface area contributed by atoms with E-state index < -0.39 is 33.4 Å². The molecule has 5 nitrogen and oxygen atoms in total. The first kappa shape index (κ1) is 17.0. The van der Waals surface area contributed by atoms with Gasteiger partial charge in [0.2, 0.25) is 15.9 Å². The number of hydrogen-bond acceptors (Lipinski definition) is 3. The number of sulfonamides is 1. The van der Waals surface area contributed by atoms with Crippen molar-refractivity contribution in [2.45, 2.75) is 17.5 Å². The molecule has 0 aliphatic heterocycles. The maximum atomic E-state index is 12.0. The third-order valence-electron chi connectivity index (χ3n) is 1.97. The molecule has 0 radical (unpaired) electrons. The van der Waals surface area contributed by atoms with Gasteiger partial charge in [-0.1, -0.05) is 23.2 Å². The van der Waals surface area contributed by atoms with Crippen LogP contribution >= 0.6 is 23.2 Å². The molecule has 1 aromatic carbocycles. The Bertz CT molecular complexity index is 623. The number of nitrogens with two attached hydrogens (primary N) is 1. The summed E-state index contributed by atoms with van der Waals surface area (Å²) in [5.41, 5.74) is -0.324. The molecule has 0 saturated carbocycles. The van der Waals surface area contributed by atoms with Gasteiger partial charge in [-0.25, -0.2) is 13.6 Å². The van der Waals surface area contributed by atoms with E-state index in [1.807, 2.05) is 5.32 Å². The molecule has 112 valence electrons. The van der Waals surface area contributed by atoms with Crippen molar-refractivity contribution >= 4 is 44.8 Å². The Morgan fingerprint density at radius 3 is 2.05 bits per heavy atom. The Balaban J connectivity index is 3.07. The van der Waals surface area contributed by atoms with Gasteiger partial charge in [-0.15, -0.1) is 0 Å². The van der Waals surface area contributed by atoms with E-state index in [-0.39, 0.29) is 15.7 Å². The van der Waals surface area contributed by atoms with Crippen molar-refractivity contribution in [3.63, 3.8) is 0 Å². The lowest BCUT2D eigenvalue weighted by atomic mass is 10.3. The Morgan fingerprint density at radius 2 is 1.70 bits per heavy atom. The van der Waals surface area contributed by atoms with Gasteiger partial charge < -0.3 is 5.32 Å². The van der Waals surface area contributed by atoms with Crippen molar-refractivity contribution in [2.75, 3.05) is 5.32 Å². The lowest BCUT2D eigenvalue weighted by molar-refractivity contribution is -0.150. The Kier molecular flexibility index (Phi) is 4.90. The van der Waals surface area contributed by atoms with Crippen LogP contribution in [0.2, 0.25) is 10.0 Å². The number of benzene rings is 1. The zero-order valence-corrected chi connectivity index (χ0v) is 11.8. The van der Waals surface area contributed by atoms with Gasteiger partial charge in [0, 0.05) is 0 Å². The van der Waals surface area contributed by atoms with E-state index in [4.69, 9.17) is 28.3 Å². The minimum atomic E-state index is -4.69. The first-order valence-corrected chi connectivity index (χ1v) is 7.09. The molecule has 3 N–H and O–H groups in total. The van der Waals surface area contributed by atoms with Crippen molar-refractivity contribution in [1.29, 1.82) is 0 Å². The van der Waals surface area contributed by atoms with E-state index in [1.165, 1.54) is 0 Å². The van der Waals surface area contributed by atoms with E-state index in [0.717, 1.165) is 12.1 Å². The smallest absolute Gasteiger partial charge is 0.323 e. The molecule has 1 amide bonds. The lowest BCUT2D eigenvalue weighted by Crippen LogP contribution is -2.21. The number of rotatable bonds is 3. The molecule has 1 rings (SSSR count). The second-order valence-corrected chi connectivity index (χ2v) is 6.02. The summed E-state index contributed by atoms with van der Waals surface area (Å²) in [4.78, 5) is 10.7. The number of primary sulfonamides is 1. The van der Waals surface area contributed by atoms with Crippen LogP contribution in [0.5, 0.6) is 0 Å². The lowest BCUT2D eigenvalue weighted by Gasteiger charge is -2.12. The van der Waals surface area contributed by atoms with E-state index in [2.05, 4.69) is 0 Å². The highest BCUT2D eigenvalue weighted by Crippen LogP contribution is 2.33. The number of hydrogen-bond donors (Lipinski definition) is 2. The largest absolute Gasteiger partial charge is 0.397 e. The second kappa shape index (κ2) is 5.76. The van der Waals surface area contributed by atoms with Crippen LogP contribution in [0.1, 0.15) is 6.42 Å². The Morgan fingerprint density at radius 1 is 1.25 bits per heavy atom. The van der Waals surface area contributed by atoms with Crippen LogP contribution in [0.25, 0.3) is 0 Å². The number of alkyl halides is 3. The van der Waals surface area contributed by atoms with Crippen LogP contribution in [-0.4, -0.2) is 20.5 Å². The molecule has 20 heavy (non-hydrogen) atoms. The summed E-state index contributed by atoms with van der Waals surface area (Å²) in [7, 11) is -4.08. The standard InChI is InChI=1S/C9H7Cl2F3N2O3S/c10-5-1-4(20(15,18)19)2-6(11)8(5)16-7(17)3-9(12,13)14/h1-2H,3H2,(H,16,17)(H2,15,18,19). The third-order valence-corrected chi connectivity index (χ3v) is 3.46. The summed E-state index contributed by atoms with van der Waals surface area (Å²) in [6, 6.07) is 1.73. The van der Waals surface area contributed by atoms with Crippen molar-refractivity contribution in [3.05, 3.63) is 22.2 Å². The normalized spacial score (nSPS) is 12.3. The van der Waals surface area contributed by atoms with Gasteiger partial charge in [-0.05, 0) is 12.1 Å². The highest BCUT2D eigenvalue weighted by atomic mass is 35.5. The van der Waals surface area contributed by atoms with Gasteiger partial charge in [0.25, 0.3) is 0 Å². The minimum Gasteiger partial charge on any atom is -0.323 e. The van der Waals surface area contributed by atoms with Gasteiger partial charge in [0.05, 0.1) is 20.6 Å². The number of amides is 1. The summed E-state index contributed by atoms with van der Waals surface area (Å²) in [5.74, 6) is -1.38. The highest BCUT2D eigenvalue weighted by Gasteiger charge is 2.31. The molecule has 0 bridgehead atoms. The number of halogens is 5. The summed E-state index contributed by atoms with van der Waals surface area (Å²) in [6.07, 6.45) is -6.42. The first-order valence-electron chi connectivity index (χ1n) is 4.78. The van der Waals surface area contributed by atoms with Crippen LogP contribution in [-0.2, 0) is 14.8 Å². The molecule has 0 aliphatic carbocycles. The Hall–Kier alpha value is -1.03. The molecule has 0 spiro atoms. The van der Waals surface area contributed by atoms with Crippen LogP contribution < -0.4 is 10.5 Å². The van der Waals surface area contributed by atoms with Gasteiger partial charge in [0.1, 0.15) is 6.42 Å². The van der Waals surface area contributed by atoms with E-state index in [9.17, 15) is 26.4 Å². The minimum absolute atomic E-state index is 0.324. The summed E-state index contributed by atoms with van der Waals surface area (Å²) < 4.78 is 58.2. The second-order valence-electron chi connectivity index (χ2n) is 3.65. The topological polar surface area (TPSA) is 89.3 Å². The predicted molar refractivity (Wildman–Crippen MR) is 67.1 cm³/mol. The average Bonchev–Trinajstić information content (AvgIpc) is 2.19. The molecular weight excluding hydrogens is 344 g/mol. The first-order chi connectivity index (χ1) is 8.90. The summed E-state index contributed by atoms with van der Waals surface area (Å²) >= 11 is 11.3. The van der Waals surface area contributed by atoms with Gasteiger partial charge in [-0.3, -0.25) is 4.79 Å². The molecule has 0 aromatic heterocycles. The van der Waals surface area contributed by atoms with Crippen molar-refractivity contribution in [3.8, 4) is 0 Å². The average molecular weight is 351 g/mol. The van der Waals surface area contributed by atoms with Crippen LogP contribution in [0, 0.1) is 0 Å². The fraction of sp³-hybridized carbons (Fsp3) is 0.222. The molecule has 0 fully saturated rings. The monoisotopic (exact) mass is 350 g/mol. The molecular formula is C9H7Cl2F3N2O3S. The van der Waals surface area contributed by atoms with Crippen molar-refractivity contribution < 1.29 is 26.4 Å². The number of carbonyl (C=O) groups excluding carboxylic acids is 1. The molecule has 1 aromatic rings. The molecule has 0 saturated heterocycles. The van der Waals surface area contributed by atoms with E-state index in [1.54, 1.807) is 0 Å². The molecule has 0 heterocycles. The van der Waals surface area contributed by atoms with Gasteiger partial charge >= 0.3 is 6.18 Å². The SMILES string of the molecule is NS(=O)(=O)c1cc(Cl)c(NC(=O)CC(F)(F)F)c(Cl)c1. The fourth-order valence-electron chi connectivity index (χ4n) is 1.20. The van der Waals surface area contributed by atoms with Crippen molar-refractivity contribution in [1.82, 2.24) is 0 Å². The van der Waals surface area contributed by atoms with Crippen LogP contribution in [0.3, 0.4) is 0 Å². The predicted octanol–water partition coefficient (Wildman–Crippen LogP) is 2.53. The quantitative estimate of drug-likeness (QED) is 0.877. The maximum absolute atomic E-state index is 12.0.